The largest absolute Gasteiger partial charge is 0.342 e. The fraction of sp³-hybridized carbons (Fsp3) is 0.778. The third kappa shape index (κ3) is 2.57. The zero-order valence-corrected chi connectivity index (χ0v) is 9.65. The molecule has 0 bridgehead atoms. The molecule has 1 unspecified atom stereocenters. The number of hydrogen-bond acceptors (Lipinski definition) is 2. The average Bonchev–Trinajstić information content (AvgIpc) is 2.42. The van der Waals surface area contributed by atoms with Gasteiger partial charge in [0.2, 0.25) is 0 Å². The Morgan fingerprint density at radius 2 is 1.93 bits per heavy atom. The molecule has 4 nitrogen and oxygen atoms in total. The second-order valence-electron chi connectivity index (χ2n) is 4.05. The van der Waals surface area contributed by atoms with Crippen LogP contribution in [0.4, 0.5) is 0 Å². The van der Waals surface area contributed by atoms with Crippen LogP contribution in [0.25, 0.3) is 0 Å². The summed E-state index contributed by atoms with van der Waals surface area (Å²) in [4.78, 5) is 11.3. The topological polar surface area (TPSA) is 53.6 Å². The molecule has 5 heteroatoms. The van der Waals surface area contributed by atoms with E-state index in [1.54, 1.807) is 4.57 Å². The molecule has 1 aromatic heterocycles. The van der Waals surface area contributed by atoms with E-state index in [4.69, 9.17) is 12.2 Å². The number of aromatic amines is 2. The molecule has 1 aromatic rings. The van der Waals surface area contributed by atoms with E-state index in [1.165, 1.54) is 0 Å². The molecule has 0 saturated heterocycles. The van der Waals surface area contributed by atoms with Crippen LogP contribution in [0.1, 0.15) is 39.7 Å². The Morgan fingerprint density at radius 1 is 1.29 bits per heavy atom. The fourth-order valence-corrected chi connectivity index (χ4v) is 1.74. The number of H-pyrrole nitrogens is 2. The molecular weight excluding hydrogens is 198 g/mol. The van der Waals surface area contributed by atoms with E-state index < -0.39 is 0 Å². The molecule has 0 amide bonds. The molecule has 0 aliphatic carbocycles. The van der Waals surface area contributed by atoms with Crippen LogP contribution in [0, 0.1) is 10.7 Å². The van der Waals surface area contributed by atoms with Gasteiger partial charge >= 0.3 is 5.69 Å². The van der Waals surface area contributed by atoms with Crippen molar-refractivity contribution in [2.45, 2.75) is 39.7 Å². The molecule has 1 rings (SSSR count). The van der Waals surface area contributed by atoms with E-state index in [0.717, 1.165) is 12.8 Å². The molecule has 2 N–H and O–H groups in total. The van der Waals surface area contributed by atoms with Gasteiger partial charge in [0, 0.05) is 6.04 Å². The summed E-state index contributed by atoms with van der Waals surface area (Å²) in [6.45, 7) is 6.36. The summed E-state index contributed by atoms with van der Waals surface area (Å²) >= 11 is 5.01. The fourth-order valence-electron chi connectivity index (χ4n) is 1.42. The minimum atomic E-state index is -0.147. The van der Waals surface area contributed by atoms with Crippen LogP contribution in [0.15, 0.2) is 4.79 Å². The van der Waals surface area contributed by atoms with E-state index >= 15 is 0 Å². The van der Waals surface area contributed by atoms with E-state index in [0.29, 0.717) is 10.7 Å². The van der Waals surface area contributed by atoms with Crippen molar-refractivity contribution in [2.24, 2.45) is 5.92 Å². The lowest BCUT2D eigenvalue weighted by Crippen LogP contribution is -2.21. The average molecular weight is 215 g/mol. The smallest absolute Gasteiger partial charge is 0.272 e. The third-order valence-electron chi connectivity index (χ3n) is 2.32. The first-order chi connectivity index (χ1) is 6.52. The Morgan fingerprint density at radius 3 is 2.36 bits per heavy atom. The van der Waals surface area contributed by atoms with E-state index in [9.17, 15) is 4.79 Å². The van der Waals surface area contributed by atoms with Crippen LogP contribution in [0.3, 0.4) is 0 Å². The van der Waals surface area contributed by atoms with E-state index in [-0.39, 0.29) is 11.7 Å². The number of aromatic nitrogens is 3. The monoisotopic (exact) mass is 215 g/mol. The Labute approximate surface area is 88.3 Å². The molecule has 0 aliphatic heterocycles. The van der Waals surface area contributed by atoms with Crippen LogP contribution in [-0.4, -0.2) is 14.8 Å². The van der Waals surface area contributed by atoms with Crippen LogP contribution in [0.5, 0.6) is 0 Å². The molecule has 14 heavy (non-hydrogen) atoms. The van der Waals surface area contributed by atoms with Gasteiger partial charge in [-0.2, -0.15) is 0 Å². The molecule has 1 atom stereocenters. The normalized spacial score (nSPS) is 13.4. The molecule has 0 spiro atoms. The SMILES string of the molecule is CC(C)CCC(C)n1c(=O)[nH][nH]c1=S. The predicted molar refractivity (Wildman–Crippen MR) is 59.0 cm³/mol. The molecule has 0 radical (unpaired) electrons. The first kappa shape index (κ1) is 11.2. The quantitative estimate of drug-likeness (QED) is 0.757. The summed E-state index contributed by atoms with van der Waals surface area (Å²) in [5.41, 5.74) is -0.147. The lowest BCUT2D eigenvalue weighted by Gasteiger charge is -2.12. The summed E-state index contributed by atoms with van der Waals surface area (Å²) in [5.74, 6) is 0.657. The lowest BCUT2D eigenvalue weighted by molar-refractivity contribution is 0.429. The molecule has 0 saturated carbocycles. The minimum Gasteiger partial charge on any atom is -0.272 e. The first-order valence-corrected chi connectivity index (χ1v) is 5.32. The predicted octanol–water partition coefficient (Wildman–Crippen LogP) is 2.23. The molecule has 1 heterocycles. The van der Waals surface area contributed by atoms with Gasteiger partial charge in [0.1, 0.15) is 0 Å². The highest BCUT2D eigenvalue weighted by Crippen LogP contribution is 2.14. The Bertz CT molecular complexity index is 360. The lowest BCUT2D eigenvalue weighted by atomic mass is 10.0. The zero-order chi connectivity index (χ0) is 10.7. The van der Waals surface area contributed by atoms with Crippen molar-refractivity contribution < 1.29 is 0 Å². The van der Waals surface area contributed by atoms with Gasteiger partial charge in [-0.05, 0) is 37.9 Å². The second kappa shape index (κ2) is 4.59. The van der Waals surface area contributed by atoms with Gasteiger partial charge in [-0.1, -0.05) is 13.8 Å². The summed E-state index contributed by atoms with van der Waals surface area (Å²) in [6, 6.07) is 0.167. The van der Waals surface area contributed by atoms with Crippen molar-refractivity contribution in [3.05, 3.63) is 15.3 Å². The third-order valence-corrected chi connectivity index (χ3v) is 2.62. The van der Waals surface area contributed by atoms with Gasteiger partial charge in [0.15, 0.2) is 4.77 Å². The zero-order valence-electron chi connectivity index (χ0n) is 8.83. The van der Waals surface area contributed by atoms with Gasteiger partial charge in [0.25, 0.3) is 0 Å². The summed E-state index contributed by atoms with van der Waals surface area (Å²) in [6.07, 6.45) is 2.08. The second-order valence-corrected chi connectivity index (χ2v) is 4.44. The maximum Gasteiger partial charge on any atom is 0.342 e. The van der Waals surface area contributed by atoms with Gasteiger partial charge in [-0.25, -0.2) is 9.89 Å². The number of nitrogens with one attached hydrogen (secondary N) is 2. The van der Waals surface area contributed by atoms with Gasteiger partial charge in [-0.15, -0.1) is 0 Å². The minimum absolute atomic E-state index is 0.147. The molecule has 0 aliphatic rings. The van der Waals surface area contributed by atoms with Crippen LogP contribution in [0.2, 0.25) is 0 Å². The summed E-state index contributed by atoms with van der Waals surface area (Å²) in [7, 11) is 0. The maximum absolute atomic E-state index is 11.3. The van der Waals surface area contributed by atoms with Crippen LogP contribution < -0.4 is 5.69 Å². The first-order valence-electron chi connectivity index (χ1n) is 4.91. The van der Waals surface area contributed by atoms with E-state index in [1.807, 2.05) is 6.92 Å². The highest BCUT2D eigenvalue weighted by molar-refractivity contribution is 7.71. The Balaban J connectivity index is 2.74. The number of rotatable bonds is 4. The van der Waals surface area contributed by atoms with Gasteiger partial charge in [0.05, 0.1) is 0 Å². The van der Waals surface area contributed by atoms with Crippen LogP contribution >= 0.6 is 12.2 Å². The van der Waals surface area contributed by atoms with Crippen LogP contribution in [-0.2, 0) is 0 Å². The molecule has 80 valence electrons. The molecule has 0 fully saturated rings. The summed E-state index contributed by atoms with van der Waals surface area (Å²) < 4.78 is 2.07. The van der Waals surface area contributed by atoms with Crippen molar-refractivity contribution in [3.8, 4) is 0 Å². The van der Waals surface area contributed by atoms with Gasteiger partial charge < -0.3 is 0 Å². The highest BCUT2D eigenvalue weighted by Gasteiger charge is 2.09. The number of nitrogens with zero attached hydrogens (tertiary/aromatic N) is 1. The standard InChI is InChI=1S/C9H17N3OS/c1-6(2)4-5-7(3)12-8(13)10-11-9(12)14/h6-7H,4-5H2,1-3H3,(H,10,13)(H,11,14). The highest BCUT2D eigenvalue weighted by atomic mass is 32.1. The maximum atomic E-state index is 11.3. The van der Waals surface area contributed by atoms with Crippen molar-refractivity contribution in [1.29, 1.82) is 0 Å². The van der Waals surface area contributed by atoms with Crippen molar-refractivity contribution in [1.82, 2.24) is 14.8 Å². The molecule has 0 aromatic carbocycles. The van der Waals surface area contributed by atoms with Crippen molar-refractivity contribution in [3.63, 3.8) is 0 Å². The van der Waals surface area contributed by atoms with E-state index in [2.05, 4.69) is 24.0 Å². The summed E-state index contributed by atoms with van der Waals surface area (Å²) in [5, 5.41) is 5.13. The van der Waals surface area contributed by atoms with Gasteiger partial charge in [-0.3, -0.25) is 9.67 Å². The molecular formula is C9H17N3OS. The Kier molecular flexibility index (Phi) is 3.69. The number of hydrogen-bond donors (Lipinski definition) is 2. The van der Waals surface area contributed by atoms with Crippen molar-refractivity contribution in [2.75, 3.05) is 0 Å². The Hall–Kier alpha value is -0.840. The van der Waals surface area contributed by atoms with Crippen molar-refractivity contribution >= 4 is 12.2 Å².